The Bertz CT molecular complexity index is 473. The third kappa shape index (κ3) is 2.60. The summed E-state index contributed by atoms with van der Waals surface area (Å²) in [7, 11) is 1.65. The summed E-state index contributed by atoms with van der Waals surface area (Å²) < 4.78 is 13.1. The Morgan fingerprint density at radius 1 is 1.61 bits per heavy atom. The molecule has 0 saturated heterocycles. The van der Waals surface area contributed by atoms with E-state index in [0.29, 0.717) is 23.7 Å². The van der Waals surface area contributed by atoms with E-state index in [9.17, 15) is 9.18 Å². The molecule has 1 unspecified atom stereocenters. The van der Waals surface area contributed by atoms with Crippen molar-refractivity contribution in [1.29, 1.82) is 0 Å². The lowest BCUT2D eigenvalue weighted by Gasteiger charge is -2.09. The molecule has 5 heteroatoms. The van der Waals surface area contributed by atoms with Crippen molar-refractivity contribution >= 4 is 11.7 Å². The average molecular weight is 251 g/mol. The summed E-state index contributed by atoms with van der Waals surface area (Å²) in [4.78, 5) is 15.8. The minimum atomic E-state index is -0.508. The van der Waals surface area contributed by atoms with Gasteiger partial charge in [0.1, 0.15) is 11.6 Å². The molecule has 1 aliphatic rings. The van der Waals surface area contributed by atoms with Crippen LogP contribution in [0.2, 0.25) is 0 Å². The molecule has 0 spiro atoms. The number of aromatic nitrogens is 1. The van der Waals surface area contributed by atoms with E-state index >= 15 is 0 Å². The van der Waals surface area contributed by atoms with Gasteiger partial charge in [0, 0.05) is 13.6 Å². The van der Waals surface area contributed by atoms with E-state index in [0.717, 1.165) is 12.6 Å². The van der Waals surface area contributed by atoms with Crippen LogP contribution in [-0.2, 0) is 0 Å². The van der Waals surface area contributed by atoms with Gasteiger partial charge < -0.3 is 10.6 Å². The second-order valence-electron chi connectivity index (χ2n) is 5.40. The van der Waals surface area contributed by atoms with Gasteiger partial charge in [0.25, 0.3) is 5.91 Å². The Morgan fingerprint density at radius 3 is 2.83 bits per heavy atom. The first-order chi connectivity index (χ1) is 8.44. The van der Waals surface area contributed by atoms with Gasteiger partial charge in [0.05, 0.1) is 11.8 Å². The van der Waals surface area contributed by atoms with E-state index in [2.05, 4.69) is 29.5 Å². The van der Waals surface area contributed by atoms with Crippen molar-refractivity contribution in [2.75, 3.05) is 18.9 Å². The lowest BCUT2D eigenvalue weighted by molar-refractivity contribution is 0.0950. The summed E-state index contributed by atoms with van der Waals surface area (Å²) in [5, 5.41) is 5.62. The fourth-order valence-electron chi connectivity index (χ4n) is 2.05. The summed E-state index contributed by atoms with van der Waals surface area (Å²) in [6.07, 6.45) is 2.21. The minimum absolute atomic E-state index is 0.246. The van der Waals surface area contributed by atoms with Gasteiger partial charge in [-0.25, -0.2) is 9.37 Å². The van der Waals surface area contributed by atoms with Gasteiger partial charge in [-0.05, 0) is 23.8 Å². The van der Waals surface area contributed by atoms with Crippen LogP contribution < -0.4 is 10.6 Å². The van der Waals surface area contributed by atoms with Crippen molar-refractivity contribution in [2.24, 2.45) is 11.3 Å². The molecule has 1 aromatic heterocycles. The van der Waals surface area contributed by atoms with Crippen molar-refractivity contribution < 1.29 is 9.18 Å². The third-order valence-corrected chi connectivity index (χ3v) is 3.56. The maximum Gasteiger partial charge on any atom is 0.255 e. The van der Waals surface area contributed by atoms with Crippen molar-refractivity contribution in [3.8, 4) is 0 Å². The van der Waals surface area contributed by atoms with Crippen LogP contribution >= 0.6 is 0 Å². The highest BCUT2D eigenvalue weighted by Gasteiger charge is 2.45. The summed E-state index contributed by atoms with van der Waals surface area (Å²) in [5.74, 6) is 0.116. The molecule has 1 heterocycles. The van der Waals surface area contributed by atoms with E-state index in [1.807, 2.05) is 0 Å². The van der Waals surface area contributed by atoms with Gasteiger partial charge >= 0.3 is 0 Å². The van der Waals surface area contributed by atoms with Gasteiger partial charge in [0.15, 0.2) is 0 Å². The molecule has 0 bridgehead atoms. The molecule has 1 fully saturated rings. The molecule has 0 radical (unpaired) electrons. The molecule has 98 valence electrons. The second kappa shape index (κ2) is 4.55. The predicted octanol–water partition coefficient (Wildman–Crippen LogP) is 2.04. The van der Waals surface area contributed by atoms with Crippen molar-refractivity contribution in [2.45, 2.75) is 20.3 Å². The fraction of sp³-hybridized carbons (Fsp3) is 0.538. The van der Waals surface area contributed by atoms with Crippen LogP contribution in [0.5, 0.6) is 0 Å². The zero-order chi connectivity index (χ0) is 13.3. The van der Waals surface area contributed by atoms with E-state index < -0.39 is 5.82 Å². The first-order valence-corrected chi connectivity index (χ1v) is 6.05. The molecule has 1 saturated carbocycles. The molecule has 1 aromatic rings. The van der Waals surface area contributed by atoms with Crippen LogP contribution in [0.15, 0.2) is 12.3 Å². The van der Waals surface area contributed by atoms with E-state index in [1.54, 1.807) is 7.05 Å². The van der Waals surface area contributed by atoms with E-state index in [-0.39, 0.29) is 11.5 Å². The zero-order valence-corrected chi connectivity index (χ0v) is 10.9. The molecule has 2 N–H and O–H groups in total. The molecule has 1 amide bonds. The van der Waals surface area contributed by atoms with Crippen LogP contribution in [0, 0.1) is 17.2 Å². The highest BCUT2D eigenvalue weighted by molar-refractivity contribution is 5.98. The zero-order valence-electron chi connectivity index (χ0n) is 10.9. The monoisotopic (exact) mass is 251 g/mol. The van der Waals surface area contributed by atoms with Crippen molar-refractivity contribution in [1.82, 2.24) is 10.3 Å². The number of halogens is 1. The van der Waals surface area contributed by atoms with Crippen LogP contribution in [0.1, 0.15) is 30.6 Å². The SMILES string of the molecule is CNc1ncc(F)cc1C(=O)NCC1CC1(C)C. The molecule has 18 heavy (non-hydrogen) atoms. The maximum absolute atomic E-state index is 13.1. The molecule has 0 aromatic carbocycles. The number of rotatable bonds is 4. The number of pyridine rings is 1. The fourth-order valence-corrected chi connectivity index (χ4v) is 2.05. The quantitative estimate of drug-likeness (QED) is 0.861. The lowest BCUT2D eigenvalue weighted by Crippen LogP contribution is -2.27. The van der Waals surface area contributed by atoms with Gasteiger partial charge in [-0.2, -0.15) is 0 Å². The number of hydrogen-bond donors (Lipinski definition) is 2. The predicted molar refractivity (Wildman–Crippen MR) is 68.0 cm³/mol. The van der Waals surface area contributed by atoms with E-state index in [1.165, 1.54) is 6.07 Å². The van der Waals surface area contributed by atoms with E-state index in [4.69, 9.17) is 0 Å². The van der Waals surface area contributed by atoms with Crippen molar-refractivity contribution in [3.05, 3.63) is 23.6 Å². The minimum Gasteiger partial charge on any atom is -0.372 e. The topological polar surface area (TPSA) is 54.0 Å². The highest BCUT2D eigenvalue weighted by atomic mass is 19.1. The molecule has 1 atom stereocenters. The first-order valence-electron chi connectivity index (χ1n) is 6.05. The van der Waals surface area contributed by atoms with Gasteiger partial charge in [0.2, 0.25) is 0 Å². The second-order valence-corrected chi connectivity index (χ2v) is 5.40. The molecule has 0 aliphatic heterocycles. The maximum atomic E-state index is 13.1. The van der Waals surface area contributed by atoms with Gasteiger partial charge in [-0.15, -0.1) is 0 Å². The number of amides is 1. The van der Waals surface area contributed by atoms with Gasteiger partial charge in [-0.3, -0.25) is 4.79 Å². The largest absolute Gasteiger partial charge is 0.372 e. The Kier molecular flexibility index (Phi) is 3.24. The normalized spacial score (nSPS) is 20.3. The van der Waals surface area contributed by atoms with Crippen LogP contribution in [-0.4, -0.2) is 24.5 Å². The number of carbonyl (C=O) groups is 1. The Labute approximate surface area is 106 Å². The molecule has 1 aliphatic carbocycles. The number of nitrogens with zero attached hydrogens (tertiary/aromatic N) is 1. The number of anilines is 1. The standard InChI is InChI=1S/C13H18FN3O/c1-13(2)5-8(13)6-17-12(18)10-4-9(14)7-16-11(10)15-3/h4,7-8H,5-6H2,1-3H3,(H,15,16)(H,17,18). The molecular weight excluding hydrogens is 233 g/mol. The molecule has 2 rings (SSSR count). The summed E-state index contributed by atoms with van der Waals surface area (Å²) in [5.41, 5.74) is 0.565. The summed E-state index contributed by atoms with van der Waals surface area (Å²) >= 11 is 0. The number of nitrogens with one attached hydrogen (secondary N) is 2. The number of carbonyl (C=O) groups excluding carboxylic acids is 1. The van der Waals surface area contributed by atoms with Crippen LogP contribution in [0.25, 0.3) is 0 Å². The Hall–Kier alpha value is -1.65. The molecule has 4 nitrogen and oxygen atoms in total. The van der Waals surface area contributed by atoms with Gasteiger partial charge in [-0.1, -0.05) is 13.8 Å². The molecular formula is C13H18FN3O. The van der Waals surface area contributed by atoms with Crippen LogP contribution in [0.4, 0.5) is 10.2 Å². The average Bonchev–Trinajstić information content (AvgIpc) is 2.94. The first kappa shape index (κ1) is 12.8. The van der Waals surface area contributed by atoms with Crippen LogP contribution in [0.3, 0.4) is 0 Å². The Balaban J connectivity index is 2.02. The summed E-state index contributed by atoms with van der Waals surface area (Å²) in [6.45, 7) is 4.98. The highest BCUT2D eigenvalue weighted by Crippen LogP contribution is 2.50. The summed E-state index contributed by atoms with van der Waals surface area (Å²) in [6, 6.07) is 1.20. The number of hydrogen-bond acceptors (Lipinski definition) is 3. The third-order valence-electron chi connectivity index (χ3n) is 3.56. The lowest BCUT2D eigenvalue weighted by atomic mass is 10.1. The smallest absolute Gasteiger partial charge is 0.255 e. The Morgan fingerprint density at radius 2 is 2.28 bits per heavy atom. The van der Waals surface area contributed by atoms with Crippen molar-refractivity contribution in [3.63, 3.8) is 0 Å².